The largest absolute Gasteiger partial charge is 0.295 e. The Morgan fingerprint density at radius 2 is 2.12 bits per heavy atom. The molecule has 3 aliphatic carbocycles. The summed E-state index contributed by atoms with van der Waals surface area (Å²) in [6, 6.07) is 0. The van der Waals surface area contributed by atoms with Gasteiger partial charge in [0.25, 0.3) is 0 Å². The maximum Gasteiger partial charge on any atom is 0.159 e. The average Bonchev–Trinajstić information content (AvgIpc) is 2.46. The summed E-state index contributed by atoms with van der Waals surface area (Å²) in [6.07, 6.45) is 16.4. The number of ketones is 1. The normalized spacial score (nSPS) is 33.4. The lowest BCUT2D eigenvalue weighted by Crippen LogP contribution is -2.31. The topological polar surface area (TPSA) is 17.1 Å². The molecule has 1 atom stereocenters. The van der Waals surface area contributed by atoms with E-state index in [1.807, 2.05) is 0 Å². The SMILES string of the molecule is O=C1CCCC2=CCCCC23CC=CC=C13. The third-order valence-corrected chi connectivity index (χ3v) is 4.34. The summed E-state index contributed by atoms with van der Waals surface area (Å²) in [5, 5.41) is 0. The molecule has 3 rings (SSSR count). The van der Waals surface area contributed by atoms with Gasteiger partial charge in [0.2, 0.25) is 0 Å². The fourth-order valence-electron chi connectivity index (χ4n) is 3.56. The van der Waals surface area contributed by atoms with E-state index in [1.54, 1.807) is 5.57 Å². The smallest absolute Gasteiger partial charge is 0.159 e. The highest BCUT2D eigenvalue weighted by Crippen LogP contribution is 2.52. The Labute approximate surface area is 96.9 Å². The summed E-state index contributed by atoms with van der Waals surface area (Å²) < 4.78 is 0. The van der Waals surface area contributed by atoms with Crippen LogP contribution in [0.25, 0.3) is 0 Å². The van der Waals surface area contributed by atoms with Crippen LogP contribution in [-0.2, 0) is 4.79 Å². The molecule has 0 aromatic rings. The molecule has 3 aliphatic rings. The van der Waals surface area contributed by atoms with Gasteiger partial charge in [0.15, 0.2) is 5.78 Å². The van der Waals surface area contributed by atoms with Crippen molar-refractivity contribution >= 4 is 5.78 Å². The van der Waals surface area contributed by atoms with Crippen molar-refractivity contribution in [2.24, 2.45) is 5.41 Å². The van der Waals surface area contributed by atoms with Gasteiger partial charge >= 0.3 is 0 Å². The van der Waals surface area contributed by atoms with E-state index < -0.39 is 0 Å². The summed E-state index contributed by atoms with van der Waals surface area (Å²) in [5.41, 5.74) is 2.78. The Morgan fingerprint density at radius 1 is 1.19 bits per heavy atom. The van der Waals surface area contributed by atoms with Gasteiger partial charge in [0.1, 0.15) is 0 Å². The van der Waals surface area contributed by atoms with Gasteiger partial charge in [-0.3, -0.25) is 4.79 Å². The number of Topliss-reactive ketones (excluding diaryl/α,β-unsaturated/α-hetero) is 1. The number of carbonyl (C=O) groups excluding carboxylic acids is 1. The number of hydrogen-bond acceptors (Lipinski definition) is 1. The van der Waals surface area contributed by atoms with Crippen LogP contribution in [0.4, 0.5) is 0 Å². The highest BCUT2D eigenvalue weighted by Gasteiger charge is 2.42. The number of carbonyl (C=O) groups is 1. The van der Waals surface area contributed by atoms with E-state index >= 15 is 0 Å². The Kier molecular flexibility index (Phi) is 2.34. The van der Waals surface area contributed by atoms with Crippen molar-refractivity contribution in [2.75, 3.05) is 0 Å². The van der Waals surface area contributed by atoms with E-state index in [9.17, 15) is 4.79 Å². The second kappa shape index (κ2) is 3.73. The summed E-state index contributed by atoms with van der Waals surface area (Å²) in [4.78, 5) is 12.2. The fraction of sp³-hybridized carbons (Fsp3) is 0.533. The molecule has 1 fully saturated rings. The maximum atomic E-state index is 12.2. The summed E-state index contributed by atoms with van der Waals surface area (Å²) in [7, 11) is 0. The lowest BCUT2D eigenvalue weighted by molar-refractivity contribution is -0.116. The second-order valence-corrected chi connectivity index (χ2v) is 5.19. The number of hydrogen-bond donors (Lipinski definition) is 0. The van der Waals surface area contributed by atoms with E-state index in [4.69, 9.17) is 0 Å². The van der Waals surface area contributed by atoms with Crippen LogP contribution in [0, 0.1) is 5.41 Å². The highest BCUT2D eigenvalue weighted by atomic mass is 16.1. The first-order valence-corrected chi connectivity index (χ1v) is 6.43. The fourth-order valence-corrected chi connectivity index (χ4v) is 3.56. The third-order valence-electron chi connectivity index (χ3n) is 4.34. The van der Waals surface area contributed by atoms with Gasteiger partial charge in [-0.15, -0.1) is 0 Å². The van der Waals surface area contributed by atoms with Gasteiger partial charge < -0.3 is 0 Å². The Bertz CT molecular complexity index is 411. The van der Waals surface area contributed by atoms with Crippen LogP contribution in [0.1, 0.15) is 44.9 Å². The minimum atomic E-state index is 0.112. The lowest BCUT2D eigenvalue weighted by atomic mass is 9.63. The molecule has 1 saturated carbocycles. The molecule has 0 saturated heterocycles. The summed E-state index contributed by atoms with van der Waals surface area (Å²) >= 11 is 0. The van der Waals surface area contributed by atoms with Crippen molar-refractivity contribution in [3.05, 3.63) is 35.5 Å². The molecule has 1 spiro atoms. The van der Waals surface area contributed by atoms with Gasteiger partial charge in [-0.1, -0.05) is 29.9 Å². The van der Waals surface area contributed by atoms with Crippen LogP contribution >= 0.6 is 0 Å². The molecule has 0 aliphatic heterocycles. The zero-order chi connectivity index (χ0) is 11.0. The van der Waals surface area contributed by atoms with Crippen LogP contribution in [0.3, 0.4) is 0 Å². The first-order valence-electron chi connectivity index (χ1n) is 6.43. The minimum Gasteiger partial charge on any atom is -0.295 e. The molecule has 0 amide bonds. The number of allylic oxidation sites excluding steroid dienone is 6. The van der Waals surface area contributed by atoms with Gasteiger partial charge in [-0.2, -0.15) is 0 Å². The average molecular weight is 214 g/mol. The lowest BCUT2D eigenvalue weighted by Gasteiger charge is -2.40. The van der Waals surface area contributed by atoms with Gasteiger partial charge in [-0.25, -0.2) is 0 Å². The maximum absolute atomic E-state index is 12.2. The molecule has 1 heteroatoms. The van der Waals surface area contributed by atoms with Crippen LogP contribution in [0.15, 0.2) is 35.5 Å². The molecular weight excluding hydrogens is 196 g/mol. The molecule has 0 N–H and O–H groups in total. The van der Waals surface area contributed by atoms with E-state index in [-0.39, 0.29) is 5.41 Å². The summed E-state index contributed by atoms with van der Waals surface area (Å²) in [6.45, 7) is 0. The van der Waals surface area contributed by atoms with Crippen LogP contribution < -0.4 is 0 Å². The van der Waals surface area contributed by atoms with E-state index in [1.165, 1.54) is 19.3 Å². The Morgan fingerprint density at radius 3 is 3.06 bits per heavy atom. The molecule has 1 unspecified atom stereocenters. The first-order chi connectivity index (χ1) is 7.83. The highest BCUT2D eigenvalue weighted by molar-refractivity contribution is 5.98. The summed E-state index contributed by atoms with van der Waals surface area (Å²) in [5.74, 6) is 0.398. The third kappa shape index (κ3) is 1.34. The molecule has 16 heavy (non-hydrogen) atoms. The molecule has 0 heterocycles. The monoisotopic (exact) mass is 214 g/mol. The predicted molar refractivity (Wildman–Crippen MR) is 65.1 cm³/mol. The second-order valence-electron chi connectivity index (χ2n) is 5.19. The predicted octanol–water partition coefficient (Wildman–Crippen LogP) is 3.72. The molecule has 0 aromatic heterocycles. The van der Waals surface area contributed by atoms with Crippen molar-refractivity contribution in [3.63, 3.8) is 0 Å². The van der Waals surface area contributed by atoms with E-state index in [0.29, 0.717) is 5.78 Å². The van der Waals surface area contributed by atoms with E-state index in [0.717, 1.165) is 31.3 Å². The van der Waals surface area contributed by atoms with Crippen LogP contribution in [-0.4, -0.2) is 5.78 Å². The Balaban J connectivity index is 2.14. The van der Waals surface area contributed by atoms with Crippen molar-refractivity contribution in [1.82, 2.24) is 0 Å². The van der Waals surface area contributed by atoms with Crippen molar-refractivity contribution < 1.29 is 4.79 Å². The first kappa shape index (κ1) is 10.1. The molecule has 1 nitrogen and oxygen atoms in total. The van der Waals surface area contributed by atoms with Crippen molar-refractivity contribution in [3.8, 4) is 0 Å². The minimum absolute atomic E-state index is 0.112. The van der Waals surface area contributed by atoms with Gasteiger partial charge in [-0.05, 0) is 38.5 Å². The zero-order valence-corrected chi connectivity index (χ0v) is 9.67. The van der Waals surface area contributed by atoms with E-state index in [2.05, 4.69) is 24.3 Å². The molecule has 0 radical (unpaired) electrons. The van der Waals surface area contributed by atoms with Gasteiger partial charge in [0.05, 0.1) is 0 Å². The van der Waals surface area contributed by atoms with Crippen LogP contribution in [0.2, 0.25) is 0 Å². The molecular formula is C15H18O. The van der Waals surface area contributed by atoms with Crippen LogP contribution in [0.5, 0.6) is 0 Å². The standard InChI is InChI=1S/C15H18O/c16-14-9-5-7-12-6-1-3-10-15(12)11-4-2-8-13(14)15/h2,4,6,8H,1,3,5,7,9-11H2. The zero-order valence-electron chi connectivity index (χ0n) is 9.67. The Hall–Kier alpha value is -1.11. The molecule has 0 aromatic carbocycles. The molecule has 84 valence electrons. The molecule has 0 bridgehead atoms. The van der Waals surface area contributed by atoms with Crippen molar-refractivity contribution in [2.45, 2.75) is 44.9 Å². The van der Waals surface area contributed by atoms with Gasteiger partial charge in [0, 0.05) is 17.4 Å². The van der Waals surface area contributed by atoms with Crippen molar-refractivity contribution in [1.29, 1.82) is 0 Å². The number of rotatable bonds is 0. The quantitative estimate of drug-likeness (QED) is 0.562.